The Morgan fingerprint density at radius 2 is 1.96 bits per heavy atom. The highest BCUT2D eigenvalue weighted by atomic mass is 16.5. The second-order valence-corrected chi connectivity index (χ2v) is 5.46. The molecule has 0 radical (unpaired) electrons. The largest absolute Gasteiger partial charge is 0.493 e. The summed E-state index contributed by atoms with van der Waals surface area (Å²) in [6.45, 7) is 0.00609. The SMILES string of the molecule is COc1ccc(NC(=O)Cc2ccc3c(c2)NC(=O)CO3)cc1OC. The molecule has 1 aliphatic heterocycles. The number of benzene rings is 2. The molecule has 1 aliphatic rings. The lowest BCUT2D eigenvalue weighted by Crippen LogP contribution is -2.25. The maximum absolute atomic E-state index is 12.3. The van der Waals surface area contributed by atoms with Crippen LogP contribution in [0.4, 0.5) is 11.4 Å². The monoisotopic (exact) mass is 342 g/mol. The number of rotatable bonds is 5. The smallest absolute Gasteiger partial charge is 0.262 e. The van der Waals surface area contributed by atoms with Gasteiger partial charge in [-0.05, 0) is 29.8 Å². The highest BCUT2D eigenvalue weighted by Crippen LogP contribution is 2.30. The molecule has 0 aliphatic carbocycles. The Bertz CT molecular complexity index is 819. The molecule has 25 heavy (non-hydrogen) atoms. The minimum absolute atomic E-state index is 0.00609. The second kappa shape index (κ2) is 7.12. The Labute approximate surface area is 144 Å². The van der Waals surface area contributed by atoms with Crippen LogP contribution in [-0.2, 0) is 16.0 Å². The quantitative estimate of drug-likeness (QED) is 0.870. The molecule has 0 atom stereocenters. The standard InChI is InChI=1S/C18H18N2O5/c1-23-15-6-4-12(9-16(15)24-2)19-17(21)8-11-3-5-14-13(7-11)20-18(22)10-25-14/h3-7,9H,8,10H2,1-2H3,(H,19,21)(H,20,22). The van der Waals surface area contributed by atoms with Crippen LogP contribution >= 0.6 is 0 Å². The molecule has 1 heterocycles. The number of hydrogen-bond donors (Lipinski definition) is 2. The van der Waals surface area contributed by atoms with Crippen LogP contribution in [0.3, 0.4) is 0 Å². The molecule has 0 saturated carbocycles. The molecule has 0 spiro atoms. The first-order valence-electron chi connectivity index (χ1n) is 7.66. The van der Waals surface area contributed by atoms with E-state index in [4.69, 9.17) is 14.2 Å². The number of anilines is 2. The van der Waals surface area contributed by atoms with Gasteiger partial charge in [-0.15, -0.1) is 0 Å². The van der Waals surface area contributed by atoms with Crippen molar-refractivity contribution >= 4 is 23.2 Å². The van der Waals surface area contributed by atoms with Crippen molar-refractivity contribution < 1.29 is 23.8 Å². The van der Waals surface area contributed by atoms with Gasteiger partial charge in [0, 0.05) is 11.8 Å². The zero-order valence-corrected chi connectivity index (χ0v) is 13.9. The van der Waals surface area contributed by atoms with Crippen LogP contribution in [0.25, 0.3) is 0 Å². The van der Waals surface area contributed by atoms with E-state index in [1.165, 1.54) is 7.11 Å². The number of fused-ring (bicyclic) bond motifs is 1. The van der Waals surface area contributed by atoms with Crippen LogP contribution in [0.1, 0.15) is 5.56 Å². The van der Waals surface area contributed by atoms with Crippen LogP contribution in [0, 0.1) is 0 Å². The fourth-order valence-electron chi connectivity index (χ4n) is 2.54. The van der Waals surface area contributed by atoms with E-state index in [2.05, 4.69) is 10.6 Å². The summed E-state index contributed by atoms with van der Waals surface area (Å²) in [7, 11) is 3.08. The van der Waals surface area contributed by atoms with Crippen molar-refractivity contribution in [3.8, 4) is 17.2 Å². The molecule has 3 rings (SSSR count). The summed E-state index contributed by atoms with van der Waals surface area (Å²) in [6, 6.07) is 10.4. The highest BCUT2D eigenvalue weighted by Gasteiger charge is 2.16. The maximum atomic E-state index is 12.3. The van der Waals surface area contributed by atoms with Gasteiger partial charge in [0.15, 0.2) is 18.1 Å². The Morgan fingerprint density at radius 3 is 2.72 bits per heavy atom. The van der Waals surface area contributed by atoms with Crippen molar-refractivity contribution in [2.45, 2.75) is 6.42 Å². The lowest BCUT2D eigenvalue weighted by molar-refractivity contribution is -0.118. The van der Waals surface area contributed by atoms with Gasteiger partial charge in [0.1, 0.15) is 5.75 Å². The van der Waals surface area contributed by atoms with Gasteiger partial charge in [-0.3, -0.25) is 9.59 Å². The fourth-order valence-corrected chi connectivity index (χ4v) is 2.54. The Balaban J connectivity index is 1.69. The number of hydrogen-bond acceptors (Lipinski definition) is 5. The fraction of sp³-hybridized carbons (Fsp3) is 0.222. The number of carbonyl (C=O) groups is 2. The molecule has 0 bridgehead atoms. The zero-order chi connectivity index (χ0) is 17.8. The molecular formula is C18H18N2O5. The van der Waals surface area contributed by atoms with E-state index < -0.39 is 0 Å². The van der Waals surface area contributed by atoms with E-state index in [-0.39, 0.29) is 24.8 Å². The zero-order valence-electron chi connectivity index (χ0n) is 13.9. The predicted molar refractivity (Wildman–Crippen MR) is 92.4 cm³/mol. The Morgan fingerprint density at radius 1 is 1.16 bits per heavy atom. The third-order valence-electron chi connectivity index (χ3n) is 3.71. The third-order valence-corrected chi connectivity index (χ3v) is 3.71. The van der Waals surface area contributed by atoms with Gasteiger partial charge < -0.3 is 24.8 Å². The van der Waals surface area contributed by atoms with Gasteiger partial charge in [-0.25, -0.2) is 0 Å². The number of amides is 2. The number of nitrogens with one attached hydrogen (secondary N) is 2. The van der Waals surface area contributed by atoms with Crippen molar-refractivity contribution in [3.63, 3.8) is 0 Å². The predicted octanol–water partition coefficient (Wildman–Crippen LogP) is 2.22. The van der Waals surface area contributed by atoms with Crippen LogP contribution < -0.4 is 24.8 Å². The topological polar surface area (TPSA) is 85.9 Å². The summed E-state index contributed by atoms with van der Waals surface area (Å²) in [4.78, 5) is 23.6. The van der Waals surface area contributed by atoms with E-state index in [1.807, 2.05) is 0 Å². The van der Waals surface area contributed by atoms with Crippen molar-refractivity contribution in [1.82, 2.24) is 0 Å². The molecule has 0 unspecified atom stereocenters. The van der Waals surface area contributed by atoms with Gasteiger partial charge in [0.05, 0.1) is 26.3 Å². The minimum atomic E-state index is -0.209. The molecule has 2 aromatic carbocycles. The van der Waals surface area contributed by atoms with Crippen LogP contribution in [0.2, 0.25) is 0 Å². The van der Waals surface area contributed by atoms with Crippen LogP contribution in [0.15, 0.2) is 36.4 Å². The molecule has 0 fully saturated rings. The molecule has 2 aromatic rings. The third kappa shape index (κ3) is 3.82. The van der Waals surface area contributed by atoms with E-state index in [1.54, 1.807) is 43.5 Å². The first-order valence-corrected chi connectivity index (χ1v) is 7.66. The van der Waals surface area contributed by atoms with Gasteiger partial charge in [0.2, 0.25) is 5.91 Å². The molecule has 2 N–H and O–H groups in total. The summed E-state index contributed by atoms with van der Waals surface area (Å²) in [5, 5.41) is 5.54. The summed E-state index contributed by atoms with van der Waals surface area (Å²) >= 11 is 0. The number of methoxy groups -OCH3 is 2. The molecule has 0 aromatic heterocycles. The van der Waals surface area contributed by atoms with E-state index in [0.29, 0.717) is 28.6 Å². The molecule has 7 nitrogen and oxygen atoms in total. The Kier molecular flexibility index (Phi) is 4.74. The molecule has 2 amide bonds. The Hall–Kier alpha value is -3.22. The summed E-state index contributed by atoms with van der Waals surface area (Å²) in [5.74, 6) is 1.33. The lowest BCUT2D eigenvalue weighted by atomic mass is 10.1. The molecule has 7 heteroatoms. The first-order chi connectivity index (χ1) is 12.1. The summed E-state index contributed by atoms with van der Waals surface area (Å²) in [6.07, 6.45) is 0.164. The summed E-state index contributed by atoms with van der Waals surface area (Å²) in [5.41, 5.74) is 1.95. The second-order valence-electron chi connectivity index (χ2n) is 5.46. The van der Waals surface area contributed by atoms with Crippen molar-refractivity contribution in [3.05, 3.63) is 42.0 Å². The van der Waals surface area contributed by atoms with Gasteiger partial charge in [-0.1, -0.05) is 6.07 Å². The molecule has 0 saturated heterocycles. The van der Waals surface area contributed by atoms with Crippen molar-refractivity contribution in [2.75, 3.05) is 31.5 Å². The maximum Gasteiger partial charge on any atom is 0.262 e. The minimum Gasteiger partial charge on any atom is -0.493 e. The average Bonchev–Trinajstić information content (AvgIpc) is 2.61. The molecular weight excluding hydrogens is 324 g/mol. The van der Waals surface area contributed by atoms with Gasteiger partial charge in [-0.2, -0.15) is 0 Å². The van der Waals surface area contributed by atoms with Crippen molar-refractivity contribution in [1.29, 1.82) is 0 Å². The number of ether oxygens (including phenoxy) is 3. The average molecular weight is 342 g/mol. The first kappa shape index (κ1) is 16.6. The van der Waals surface area contributed by atoms with E-state index >= 15 is 0 Å². The highest BCUT2D eigenvalue weighted by molar-refractivity contribution is 5.96. The summed E-state index contributed by atoms with van der Waals surface area (Å²) < 4.78 is 15.7. The lowest BCUT2D eigenvalue weighted by Gasteiger charge is -2.18. The van der Waals surface area contributed by atoms with E-state index in [9.17, 15) is 9.59 Å². The number of carbonyl (C=O) groups excluding carboxylic acids is 2. The van der Waals surface area contributed by atoms with Crippen molar-refractivity contribution in [2.24, 2.45) is 0 Å². The van der Waals surface area contributed by atoms with Gasteiger partial charge >= 0.3 is 0 Å². The van der Waals surface area contributed by atoms with Gasteiger partial charge in [0.25, 0.3) is 5.91 Å². The van der Waals surface area contributed by atoms with Crippen LogP contribution in [-0.4, -0.2) is 32.6 Å². The molecule has 130 valence electrons. The normalized spacial score (nSPS) is 12.5. The van der Waals surface area contributed by atoms with Crippen LogP contribution in [0.5, 0.6) is 17.2 Å². The van der Waals surface area contributed by atoms with E-state index in [0.717, 1.165) is 5.56 Å².